The molecule has 0 heterocycles. The minimum Gasteiger partial charge on any atom is -0.312 e. The summed E-state index contributed by atoms with van der Waals surface area (Å²) in [4.78, 5) is 16.5. The van der Waals surface area contributed by atoms with Crippen molar-refractivity contribution in [1.29, 1.82) is 0 Å². The Kier molecular flexibility index (Phi) is 4.88. The average molecular weight is 183 g/mol. The summed E-state index contributed by atoms with van der Waals surface area (Å²) < 4.78 is 14.3. The minimum absolute atomic E-state index is 0.0302. The lowest BCUT2D eigenvalue weighted by atomic mass is 10.4. The van der Waals surface area contributed by atoms with Gasteiger partial charge in [-0.15, -0.1) is 0 Å². The monoisotopic (exact) mass is 183 g/mol. The van der Waals surface area contributed by atoms with Crippen LogP contribution in [-0.2, 0) is 9.09 Å². The second-order valence-electron chi connectivity index (χ2n) is 2.43. The number of nitrogens with one attached hydrogen (secondary N) is 1. The molecule has 0 radical (unpaired) electrons. The molecule has 0 atom stereocenters. The summed E-state index contributed by atoms with van der Waals surface area (Å²) in [6, 6.07) is 0.301. The second kappa shape index (κ2) is 4.85. The first-order valence-electron chi connectivity index (χ1n) is 3.35. The molecule has 0 fully saturated rings. The van der Waals surface area contributed by atoms with Gasteiger partial charge in [0.2, 0.25) is 0 Å². The number of hydrogen-bond donors (Lipinski definition) is 3. The molecule has 0 aliphatic carbocycles. The molecule has 0 aliphatic rings. The Labute approximate surface area is 66.0 Å². The Morgan fingerprint density at radius 1 is 1.55 bits per heavy atom. The van der Waals surface area contributed by atoms with Crippen LogP contribution in [0.2, 0.25) is 0 Å². The Morgan fingerprint density at radius 2 is 2.09 bits per heavy atom. The van der Waals surface area contributed by atoms with E-state index >= 15 is 0 Å². The van der Waals surface area contributed by atoms with E-state index in [2.05, 4.69) is 9.84 Å². The smallest absolute Gasteiger partial charge is 0.312 e. The van der Waals surface area contributed by atoms with E-state index < -0.39 is 7.82 Å². The molecule has 0 aromatic carbocycles. The van der Waals surface area contributed by atoms with Gasteiger partial charge in [0.1, 0.15) is 0 Å². The van der Waals surface area contributed by atoms with E-state index in [0.717, 1.165) is 0 Å². The van der Waals surface area contributed by atoms with Gasteiger partial charge in [-0.05, 0) is 0 Å². The van der Waals surface area contributed by atoms with Crippen LogP contribution in [0.25, 0.3) is 0 Å². The van der Waals surface area contributed by atoms with Crippen LogP contribution in [0.15, 0.2) is 0 Å². The predicted octanol–water partition coefficient (Wildman–Crippen LogP) is 0.0937. The lowest BCUT2D eigenvalue weighted by Gasteiger charge is -2.08. The lowest BCUT2D eigenvalue weighted by molar-refractivity contribution is 0.196. The third kappa shape index (κ3) is 10.1. The summed E-state index contributed by atoms with van der Waals surface area (Å²) in [7, 11) is -4.27. The van der Waals surface area contributed by atoms with Gasteiger partial charge in [0.05, 0.1) is 6.61 Å². The normalized spacial score (nSPS) is 12.5. The Balaban J connectivity index is 3.22. The molecule has 0 aromatic heterocycles. The van der Waals surface area contributed by atoms with Crippen molar-refractivity contribution in [2.75, 3.05) is 13.2 Å². The molecular formula is C5H14NO4P. The molecule has 0 aromatic rings. The van der Waals surface area contributed by atoms with Crippen LogP contribution < -0.4 is 5.32 Å². The fraction of sp³-hybridized carbons (Fsp3) is 1.00. The fourth-order valence-corrected chi connectivity index (χ4v) is 0.841. The van der Waals surface area contributed by atoms with Crippen LogP contribution in [0.4, 0.5) is 0 Å². The first-order valence-corrected chi connectivity index (χ1v) is 4.88. The molecular weight excluding hydrogens is 169 g/mol. The van der Waals surface area contributed by atoms with Gasteiger partial charge in [0.25, 0.3) is 0 Å². The predicted molar refractivity (Wildman–Crippen MR) is 41.1 cm³/mol. The molecule has 6 heteroatoms. The summed E-state index contributed by atoms with van der Waals surface area (Å²) in [5.41, 5.74) is 0. The molecule has 11 heavy (non-hydrogen) atoms. The first kappa shape index (κ1) is 11.1. The number of rotatable bonds is 5. The third-order valence-corrected chi connectivity index (χ3v) is 1.43. The molecule has 0 aliphatic heterocycles. The standard InChI is InChI=1S/C5H14NO4P/c1-5(2)6-3-4-10-11(7,8)9/h5-6H,3-4H2,1-2H3,(H2,7,8,9). The van der Waals surface area contributed by atoms with Gasteiger partial charge in [-0.2, -0.15) is 0 Å². The number of hydrogen-bond acceptors (Lipinski definition) is 3. The first-order chi connectivity index (χ1) is 4.92. The molecule has 68 valence electrons. The highest BCUT2D eigenvalue weighted by Gasteiger charge is 2.12. The fourth-order valence-electron chi connectivity index (χ4n) is 0.512. The van der Waals surface area contributed by atoms with Crippen molar-refractivity contribution in [3.8, 4) is 0 Å². The summed E-state index contributed by atoms with van der Waals surface area (Å²) in [6.45, 7) is 4.36. The van der Waals surface area contributed by atoms with Gasteiger partial charge in [0, 0.05) is 12.6 Å². The zero-order valence-corrected chi connectivity index (χ0v) is 7.54. The van der Waals surface area contributed by atoms with Crippen molar-refractivity contribution in [1.82, 2.24) is 5.32 Å². The quantitative estimate of drug-likeness (QED) is 0.416. The summed E-state index contributed by atoms with van der Waals surface area (Å²) in [5.74, 6) is 0. The van der Waals surface area contributed by atoms with Crippen LogP contribution in [0.1, 0.15) is 13.8 Å². The number of phosphoric acid groups is 1. The van der Waals surface area contributed by atoms with Crippen molar-refractivity contribution < 1.29 is 18.9 Å². The lowest BCUT2D eigenvalue weighted by Crippen LogP contribution is -2.26. The van der Waals surface area contributed by atoms with Crippen molar-refractivity contribution in [2.24, 2.45) is 0 Å². The van der Waals surface area contributed by atoms with Crippen LogP contribution in [0, 0.1) is 0 Å². The zero-order valence-electron chi connectivity index (χ0n) is 6.65. The Morgan fingerprint density at radius 3 is 2.45 bits per heavy atom. The van der Waals surface area contributed by atoms with Crippen LogP contribution in [-0.4, -0.2) is 29.0 Å². The van der Waals surface area contributed by atoms with Gasteiger partial charge in [0.15, 0.2) is 0 Å². The van der Waals surface area contributed by atoms with Crippen molar-refractivity contribution in [3.05, 3.63) is 0 Å². The molecule has 0 saturated carbocycles. The minimum atomic E-state index is -4.27. The van der Waals surface area contributed by atoms with Gasteiger partial charge >= 0.3 is 7.82 Å². The maximum absolute atomic E-state index is 10.1. The molecule has 0 unspecified atom stereocenters. The van der Waals surface area contributed by atoms with E-state index in [9.17, 15) is 4.57 Å². The highest BCUT2D eigenvalue weighted by atomic mass is 31.2. The maximum atomic E-state index is 10.1. The topological polar surface area (TPSA) is 78.8 Å². The summed E-state index contributed by atoms with van der Waals surface area (Å²) in [6.07, 6.45) is 0. The van der Waals surface area contributed by atoms with Gasteiger partial charge < -0.3 is 15.1 Å². The molecule has 5 nitrogen and oxygen atoms in total. The van der Waals surface area contributed by atoms with Crippen LogP contribution in [0.5, 0.6) is 0 Å². The molecule has 0 amide bonds. The Hall–Kier alpha value is 0.0700. The van der Waals surface area contributed by atoms with E-state index in [-0.39, 0.29) is 6.61 Å². The zero-order chi connectivity index (χ0) is 8.91. The van der Waals surface area contributed by atoms with Crippen molar-refractivity contribution >= 4 is 7.82 Å². The Bertz CT molecular complexity index is 143. The molecule has 0 bridgehead atoms. The molecule has 0 rings (SSSR count). The van der Waals surface area contributed by atoms with E-state index in [0.29, 0.717) is 12.6 Å². The molecule has 0 spiro atoms. The second-order valence-corrected chi connectivity index (χ2v) is 3.67. The van der Waals surface area contributed by atoms with E-state index in [1.54, 1.807) is 0 Å². The SMILES string of the molecule is CC(C)NCCOP(=O)(O)O. The summed E-state index contributed by atoms with van der Waals surface area (Å²) >= 11 is 0. The maximum Gasteiger partial charge on any atom is 0.469 e. The van der Waals surface area contributed by atoms with Gasteiger partial charge in [-0.1, -0.05) is 13.8 Å². The van der Waals surface area contributed by atoms with Crippen LogP contribution >= 0.6 is 7.82 Å². The van der Waals surface area contributed by atoms with E-state index in [4.69, 9.17) is 9.79 Å². The van der Waals surface area contributed by atoms with Gasteiger partial charge in [-0.3, -0.25) is 4.52 Å². The molecule has 3 N–H and O–H groups in total. The molecule has 0 saturated heterocycles. The van der Waals surface area contributed by atoms with Crippen molar-refractivity contribution in [2.45, 2.75) is 19.9 Å². The highest BCUT2D eigenvalue weighted by molar-refractivity contribution is 7.46. The van der Waals surface area contributed by atoms with E-state index in [1.165, 1.54) is 0 Å². The summed E-state index contributed by atoms with van der Waals surface area (Å²) in [5, 5.41) is 2.95. The third-order valence-electron chi connectivity index (χ3n) is 0.914. The van der Waals surface area contributed by atoms with E-state index in [1.807, 2.05) is 13.8 Å². The number of phosphoric ester groups is 1. The van der Waals surface area contributed by atoms with Crippen molar-refractivity contribution in [3.63, 3.8) is 0 Å². The average Bonchev–Trinajstić information content (AvgIpc) is 1.78. The highest BCUT2D eigenvalue weighted by Crippen LogP contribution is 2.34. The van der Waals surface area contributed by atoms with Crippen LogP contribution in [0.3, 0.4) is 0 Å². The largest absolute Gasteiger partial charge is 0.469 e. The van der Waals surface area contributed by atoms with Gasteiger partial charge in [-0.25, -0.2) is 4.57 Å².